The van der Waals surface area contributed by atoms with Crippen molar-refractivity contribution in [1.82, 2.24) is 9.55 Å². The van der Waals surface area contributed by atoms with Crippen LogP contribution in [0.4, 0.5) is 0 Å². The lowest BCUT2D eigenvalue weighted by atomic mass is 9.76. The van der Waals surface area contributed by atoms with Crippen molar-refractivity contribution < 1.29 is 19.0 Å². The second kappa shape index (κ2) is 6.44. The van der Waals surface area contributed by atoms with Gasteiger partial charge in [-0.05, 0) is 42.9 Å². The summed E-state index contributed by atoms with van der Waals surface area (Å²) in [5, 5.41) is 1.09. The number of hydrogen-bond acceptors (Lipinski definition) is 6. The summed E-state index contributed by atoms with van der Waals surface area (Å²) in [5.41, 5.74) is 5.00. The van der Waals surface area contributed by atoms with Crippen LogP contribution in [0.3, 0.4) is 0 Å². The van der Waals surface area contributed by atoms with Gasteiger partial charge in [-0.25, -0.2) is 4.98 Å². The number of fused-ring (bicyclic) bond motifs is 6. The van der Waals surface area contributed by atoms with Gasteiger partial charge >= 0.3 is 0 Å². The number of carbonyl (C=O) groups excluding carboxylic acids is 1. The van der Waals surface area contributed by atoms with Crippen LogP contribution in [-0.2, 0) is 28.1 Å². The third-order valence-corrected chi connectivity index (χ3v) is 8.17. The minimum Gasteiger partial charge on any atom is -0.454 e. The molecule has 0 radical (unpaired) electrons. The second-order valence-corrected chi connectivity index (χ2v) is 9.50. The molecular formula is C26H24N2O5. The molecule has 2 aromatic heterocycles. The highest BCUT2D eigenvalue weighted by atomic mass is 16.7. The number of hydrogen-bond donors (Lipinski definition) is 0. The fraction of sp³-hybridized carbons (Fsp3) is 0.423. The molecule has 1 atom stereocenters. The zero-order chi connectivity index (χ0) is 22.5. The predicted molar refractivity (Wildman–Crippen MR) is 121 cm³/mol. The number of aromatic nitrogens is 2. The average Bonchev–Trinajstić information content (AvgIpc) is 3.46. The first-order chi connectivity index (χ1) is 16.1. The molecule has 2 aliphatic heterocycles. The fourth-order valence-electron chi connectivity index (χ4n) is 6.19. The molecule has 168 valence electrons. The predicted octanol–water partition coefficient (Wildman–Crippen LogP) is 3.80. The summed E-state index contributed by atoms with van der Waals surface area (Å²) in [6.07, 6.45) is 4.10. The third kappa shape index (κ3) is 2.30. The highest BCUT2D eigenvalue weighted by Crippen LogP contribution is 2.49. The van der Waals surface area contributed by atoms with Gasteiger partial charge in [0.15, 0.2) is 22.9 Å². The van der Waals surface area contributed by atoms with Gasteiger partial charge in [-0.2, -0.15) is 0 Å². The van der Waals surface area contributed by atoms with Crippen LogP contribution in [0.2, 0.25) is 0 Å². The molecular weight excluding hydrogens is 420 g/mol. The molecule has 4 aliphatic rings. The van der Waals surface area contributed by atoms with Crippen LogP contribution in [0.25, 0.3) is 22.3 Å². The Labute approximate surface area is 190 Å². The first-order valence-electron chi connectivity index (χ1n) is 11.7. The van der Waals surface area contributed by atoms with E-state index in [2.05, 4.69) is 6.07 Å². The molecule has 0 saturated heterocycles. The van der Waals surface area contributed by atoms with E-state index in [1.807, 2.05) is 19.1 Å². The molecule has 33 heavy (non-hydrogen) atoms. The number of carbonyl (C=O) groups is 1. The molecule has 0 unspecified atom stereocenters. The van der Waals surface area contributed by atoms with Gasteiger partial charge in [0.05, 0.1) is 23.4 Å². The van der Waals surface area contributed by atoms with E-state index < -0.39 is 5.60 Å². The largest absolute Gasteiger partial charge is 0.454 e. The summed E-state index contributed by atoms with van der Waals surface area (Å²) in [6.45, 7) is 2.64. The van der Waals surface area contributed by atoms with Crippen LogP contribution >= 0.6 is 0 Å². The zero-order valence-electron chi connectivity index (χ0n) is 18.7. The van der Waals surface area contributed by atoms with E-state index in [9.17, 15) is 9.59 Å². The van der Waals surface area contributed by atoms with Crippen LogP contribution in [0.5, 0.6) is 11.5 Å². The molecule has 7 nitrogen and oxygen atoms in total. The normalized spacial score (nSPS) is 22.4. The van der Waals surface area contributed by atoms with E-state index in [0.717, 1.165) is 46.4 Å². The standard InChI is InChI=1S/C26H24N2O5/c1-3-26(31-2)17-9-19-24-16(11-28(19)25(30)14(17)8-22(26)29)23(13-5-4-6-13)15-7-20-21(33-12-32-20)10-18(15)27-24/h7,9-10,13H,3-6,8,11-12H2,1-2H3/t26-/m0/s1. The molecule has 0 amide bonds. The smallest absolute Gasteiger partial charge is 0.255 e. The minimum atomic E-state index is -1.05. The first-order valence-corrected chi connectivity index (χ1v) is 11.7. The number of pyridine rings is 2. The maximum atomic E-state index is 13.6. The van der Waals surface area contributed by atoms with Crippen molar-refractivity contribution >= 4 is 16.7 Å². The molecule has 0 spiro atoms. The maximum Gasteiger partial charge on any atom is 0.255 e. The molecule has 0 N–H and O–H groups in total. The van der Waals surface area contributed by atoms with Gasteiger partial charge in [-0.15, -0.1) is 0 Å². The summed E-state index contributed by atoms with van der Waals surface area (Å²) >= 11 is 0. The average molecular weight is 444 g/mol. The molecule has 1 aromatic carbocycles. The number of nitrogens with zero attached hydrogens (tertiary/aromatic N) is 2. The van der Waals surface area contributed by atoms with Crippen molar-refractivity contribution in [2.24, 2.45) is 0 Å². The zero-order valence-corrected chi connectivity index (χ0v) is 18.7. The summed E-state index contributed by atoms with van der Waals surface area (Å²) in [6, 6.07) is 5.98. The van der Waals surface area contributed by atoms with Gasteiger partial charge in [-0.1, -0.05) is 13.3 Å². The summed E-state index contributed by atoms with van der Waals surface area (Å²) in [4.78, 5) is 31.5. The Kier molecular flexibility index (Phi) is 3.77. The Hall–Kier alpha value is -3.19. The van der Waals surface area contributed by atoms with Gasteiger partial charge in [0.1, 0.15) is 0 Å². The highest BCUT2D eigenvalue weighted by molar-refractivity contribution is 5.96. The number of methoxy groups -OCH3 is 1. The van der Waals surface area contributed by atoms with E-state index in [0.29, 0.717) is 35.8 Å². The lowest BCUT2D eigenvalue weighted by molar-refractivity contribution is -0.139. The Morgan fingerprint density at radius 2 is 1.94 bits per heavy atom. The second-order valence-electron chi connectivity index (χ2n) is 9.50. The highest BCUT2D eigenvalue weighted by Gasteiger charge is 2.48. The van der Waals surface area contributed by atoms with Crippen LogP contribution in [0.15, 0.2) is 23.0 Å². The third-order valence-electron chi connectivity index (χ3n) is 8.17. The number of benzene rings is 1. The van der Waals surface area contributed by atoms with Gasteiger partial charge in [0, 0.05) is 41.7 Å². The van der Waals surface area contributed by atoms with E-state index in [4.69, 9.17) is 19.2 Å². The van der Waals surface area contributed by atoms with Crippen molar-refractivity contribution in [3.63, 3.8) is 0 Å². The van der Waals surface area contributed by atoms with Gasteiger partial charge in [0.25, 0.3) is 5.56 Å². The molecule has 1 saturated carbocycles. The lowest BCUT2D eigenvalue weighted by Gasteiger charge is -2.29. The van der Waals surface area contributed by atoms with Crippen LogP contribution in [0, 0.1) is 0 Å². The topological polar surface area (TPSA) is 79.7 Å². The van der Waals surface area contributed by atoms with E-state index >= 15 is 0 Å². The van der Waals surface area contributed by atoms with Gasteiger partial charge in [0.2, 0.25) is 6.79 Å². The Morgan fingerprint density at radius 1 is 1.15 bits per heavy atom. The molecule has 4 heterocycles. The van der Waals surface area contributed by atoms with E-state index in [1.165, 1.54) is 12.0 Å². The number of rotatable bonds is 3. The van der Waals surface area contributed by atoms with Crippen molar-refractivity contribution in [3.05, 3.63) is 50.8 Å². The molecule has 7 heteroatoms. The first kappa shape index (κ1) is 19.3. The van der Waals surface area contributed by atoms with Crippen LogP contribution < -0.4 is 15.0 Å². The lowest BCUT2D eigenvalue weighted by Crippen LogP contribution is -2.33. The number of ketones is 1. The van der Waals surface area contributed by atoms with Crippen LogP contribution in [-0.4, -0.2) is 29.2 Å². The molecule has 0 bridgehead atoms. The quantitative estimate of drug-likeness (QED) is 0.478. The molecule has 3 aromatic rings. The summed E-state index contributed by atoms with van der Waals surface area (Å²) < 4.78 is 18.8. The van der Waals surface area contributed by atoms with E-state index in [-0.39, 0.29) is 24.6 Å². The van der Waals surface area contributed by atoms with Crippen molar-refractivity contribution in [2.75, 3.05) is 13.9 Å². The van der Waals surface area contributed by atoms with Crippen LogP contribution in [0.1, 0.15) is 60.8 Å². The number of Topliss-reactive ketones (excluding diaryl/α,β-unsaturated/α-hetero) is 1. The molecule has 2 aliphatic carbocycles. The van der Waals surface area contributed by atoms with Crippen molar-refractivity contribution in [2.45, 2.75) is 57.1 Å². The fourth-order valence-corrected chi connectivity index (χ4v) is 6.19. The molecule has 1 fully saturated rings. The summed E-state index contributed by atoms with van der Waals surface area (Å²) in [5.74, 6) is 1.87. The van der Waals surface area contributed by atoms with Gasteiger partial charge in [-0.3, -0.25) is 9.59 Å². The SMILES string of the molecule is CC[C@@]1(OC)C(=O)Cc2c1cc1n(c2=O)Cc2c-1nc1cc3c(cc1c2C1CCC1)OCO3. The van der Waals surface area contributed by atoms with Gasteiger partial charge < -0.3 is 18.8 Å². The van der Waals surface area contributed by atoms with E-state index in [1.54, 1.807) is 11.7 Å². The Balaban J connectivity index is 1.52. The minimum absolute atomic E-state index is 0.0431. The Morgan fingerprint density at radius 3 is 2.64 bits per heavy atom. The monoisotopic (exact) mass is 444 g/mol. The maximum absolute atomic E-state index is 13.6. The molecule has 7 rings (SSSR count). The number of ether oxygens (including phenoxy) is 3. The summed E-state index contributed by atoms with van der Waals surface area (Å²) in [7, 11) is 1.55. The van der Waals surface area contributed by atoms with Crippen molar-refractivity contribution in [3.8, 4) is 22.9 Å². The van der Waals surface area contributed by atoms with Crippen molar-refractivity contribution in [1.29, 1.82) is 0 Å². The Bertz CT molecular complexity index is 1450.